The van der Waals surface area contributed by atoms with Gasteiger partial charge in [0, 0.05) is 53.5 Å². The fourth-order valence-electron chi connectivity index (χ4n) is 3.69. The SMILES string of the molecule is O=C(N/N=C/c1cc([N+](=O)[O-])ccc1N1CCOCC1)c1ccc(CSCc2ccccc2)cc1. The summed E-state index contributed by atoms with van der Waals surface area (Å²) in [5.41, 5.74) is 6.78. The number of hydrogen-bond donors (Lipinski definition) is 1. The first-order valence-corrected chi connectivity index (χ1v) is 12.4. The Balaban J connectivity index is 1.36. The Bertz CT molecular complexity index is 1180. The largest absolute Gasteiger partial charge is 0.378 e. The Morgan fingerprint density at radius 3 is 2.40 bits per heavy atom. The standard InChI is InChI=1S/C26H26N4O4S/c31-26(22-8-6-21(7-9-22)19-35-18-20-4-2-1-3-5-20)28-27-17-23-16-24(30(32)33)10-11-25(23)29-12-14-34-15-13-29/h1-11,16-17H,12-15,18-19H2,(H,28,31)/b27-17+. The third kappa shape index (κ3) is 6.91. The predicted octanol–water partition coefficient (Wildman–Crippen LogP) is 4.63. The zero-order valence-corrected chi connectivity index (χ0v) is 19.9. The van der Waals surface area contributed by atoms with Gasteiger partial charge < -0.3 is 9.64 Å². The Morgan fingerprint density at radius 1 is 1.03 bits per heavy atom. The van der Waals surface area contributed by atoms with Crippen LogP contribution in [0.25, 0.3) is 0 Å². The molecule has 35 heavy (non-hydrogen) atoms. The van der Waals surface area contributed by atoms with Crippen LogP contribution in [0, 0.1) is 10.1 Å². The van der Waals surface area contributed by atoms with Crippen molar-refractivity contribution in [2.24, 2.45) is 5.10 Å². The lowest BCUT2D eigenvalue weighted by atomic mass is 10.1. The van der Waals surface area contributed by atoms with E-state index in [4.69, 9.17) is 4.74 Å². The van der Waals surface area contributed by atoms with Gasteiger partial charge in [0.05, 0.1) is 24.4 Å². The van der Waals surface area contributed by atoms with Crippen LogP contribution in [-0.2, 0) is 16.2 Å². The molecule has 9 heteroatoms. The van der Waals surface area contributed by atoms with Crippen molar-refractivity contribution in [3.8, 4) is 0 Å². The van der Waals surface area contributed by atoms with Gasteiger partial charge in [-0.1, -0.05) is 42.5 Å². The minimum absolute atomic E-state index is 0.0319. The molecule has 1 heterocycles. The highest BCUT2D eigenvalue weighted by Crippen LogP contribution is 2.25. The van der Waals surface area contributed by atoms with Crippen LogP contribution in [0.4, 0.5) is 11.4 Å². The molecular weight excluding hydrogens is 464 g/mol. The Morgan fingerprint density at radius 2 is 1.71 bits per heavy atom. The van der Waals surface area contributed by atoms with Crippen LogP contribution in [-0.4, -0.2) is 43.3 Å². The first-order valence-electron chi connectivity index (χ1n) is 11.3. The minimum atomic E-state index is -0.446. The topological polar surface area (TPSA) is 97.1 Å². The van der Waals surface area contributed by atoms with Gasteiger partial charge in [-0.05, 0) is 29.3 Å². The van der Waals surface area contributed by atoms with Gasteiger partial charge in [0.1, 0.15) is 0 Å². The van der Waals surface area contributed by atoms with Gasteiger partial charge in [-0.15, -0.1) is 0 Å². The lowest BCUT2D eigenvalue weighted by molar-refractivity contribution is -0.384. The number of carbonyl (C=O) groups is 1. The number of benzene rings is 3. The molecule has 0 spiro atoms. The van der Waals surface area contributed by atoms with Crippen LogP contribution in [0.15, 0.2) is 77.9 Å². The van der Waals surface area contributed by atoms with Gasteiger partial charge >= 0.3 is 0 Å². The van der Waals surface area contributed by atoms with E-state index in [2.05, 4.69) is 27.6 Å². The molecule has 3 aromatic carbocycles. The highest BCUT2D eigenvalue weighted by molar-refractivity contribution is 7.97. The lowest BCUT2D eigenvalue weighted by Gasteiger charge is -2.29. The van der Waals surface area contributed by atoms with E-state index in [0.717, 1.165) is 22.8 Å². The molecule has 1 fully saturated rings. The molecule has 8 nitrogen and oxygen atoms in total. The number of hydrogen-bond acceptors (Lipinski definition) is 7. The van der Waals surface area contributed by atoms with Crippen LogP contribution in [0.3, 0.4) is 0 Å². The molecule has 180 valence electrons. The number of nitrogens with one attached hydrogen (secondary N) is 1. The number of rotatable bonds is 9. The summed E-state index contributed by atoms with van der Waals surface area (Å²) in [5.74, 6) is 1.44. The summed E-state index contributed by atoms with van der Waals surface area (Å²) in [6.45, 7) is 2.54. The number of nitro benzene ring substituents is 1. The summed E-state index contributed by atoms with van der Waals surface area (Å²) in [6.07, 6.45) is 1.45. The van der Waals surface area contributed by atoms with Crippen LogP contribution in [0.1, 0.15) is 27.0 Å². The van der Waals surface area contributed by atoms with E-state index >= 15 is 0 Å². The number of hydrazone groups is 1. The molecule has 0 unspecified atom stereocenters. The molecule has 3 aromatic rings. The lowest BCUT2D eigenvalue weighted by Crippen LogP contribution is -2.36. The van der Waals surface area contributed by atoms with Gasteiger partial charge in [0.2, 0.25) is 0 Å². The number of nitro groups is 1. The maximum Gasteiger partial charge on any atom is 0.271 e. The van der Waals surface area contributed by atoms with E-state index < -0.39 is 4.92 Å². The van der Waals surface area contributed by atoms with Gasteiger partial charge in [0.15, 0.2) is 0 Å². The maximum absolute atomic E-state index is 12.5. The van der Waals surface area contributed by atoms with E-state index in [1.165, 1.54) is 23.9 Å². The van der Waals surface area contributed by atoms with Gasteiger partial charge in [-0.25, -0.2) is 5.43 Å². The number of ether oxygens (including phenoxy) is 1. The van der Waals surface area contributed by atoms with Crippen molar-refractivity contribution in [2.75, 3.05) is 31.2 Å². The number of morpholine rings is 1. The highest BCUT2D eigenvalue weighted by Gasteiger charge is 2.17. The first kappa shape index (κ1) is 24.4. The molecule has 1 N–H and O–H groups in total. The molecule has 1 aliphatic heterocycles. The van der Waals surface area contributed by atoms with E-state index in [1.807, 2.05) is 42.1 Å². The third-order valence-corrected chi connectivity index (χ3v) is 6.61. The summed E-state index contributed by atoms with van der Waals surface area (Å²) in [4.78, 5) is 25.4. The quantitative estimate of drug-likeness (QED) is 0.267. The fraction of sp³-hybridized carbons (Fsp3) is 0.231. The molecule has 0 radical (unpaired) electrons. The van der Waals surface area contributed by atoms with Crippen LogP contribution < -0.4 is 10.3 Å². The van der Waals surface area contributed by atoms with Crippen molar-refractivity contribution < 1.29 is 14.5 Å². The molecule has 1 amide bonds. The number of non-ortho nitro benzene ring substituents is 1. The fourth-order valence-corrected chi connectivity index (χ4v) is 4.65. The van der Waals surface area contributed by atoms with Gasteiger partial charge in [-0.3, -0.25) is 14.9 Å². The molecule has 0 saturated carbocycles. The molecular formula is C26H26N4O4S. The second-order valence-corrected chi connectivity index (χ2v) is 8.96. The third-order valence-electron chi connectivity index (χ3n) is 5.54. The minimum Gasteiger partial charge on any atom is -0.378 e. The smallest absolute Gasteiger partial charge is 0.271 e. The summed E-state index contributed by atoms with van der Waals surface area (Å²) >= 11 is 1.82. The van der Waals surface area contributed by atoms with Crippen molar-refractivity contribution in [1.82, 2.24) is 5.43 Å². The van der Waals surface area contributed by atoms with Crippen molar-refractivity contribution in [1.29, 1.82) is 0 Å². The number of carbonyl (C=O) groups excluding carboxylic acids is 1. The number of nitrogens with zero attached hydrogens (tertiary/aromatic N) is 3. The second kappa shape index (κ2) is 12.1. The summed E-state index contributed by atoms with van der Waals surface area (Å²) in [6, 6.07) is 22.4. The predicted molar refractivity (Wildman–Crippen MR) is 139 cm³/mol. The van der Waals surface area contributed by atoms with Gasteiger partial charge in [0.25, 0.3) is 11.6 Å². The molecule has 1 saturated heterocycles. The molecule has 0 bridgehead atoms. The van der Waals surface area contributed by atoms with E-state index in [-0.39, 0.29) is 11.6 Å². The Kier molecular flexibility index (Phi) is 8.48. The van der Waals surface area contributed by atoms with E-state index in [1.54, 1.807) is 18.2 Å². The van der Waals surface area contributed by atoms with Crippen molar-refractivity contribution in [3.63, 3.8) is 0 Å². The van der Waals surface area contributed by atoms with Gasteiger partial charge in [-0.2, -0.15) is 16.9 Å². The van der Waals surface area contributed by atoms with Crippen LogP contribution in [0.2, 0.25) is 0 Å². The highest BCUT2D eigenvalue weighted by atomic mass is 32.2. The maximum atomic E-state index is 12.5. The number of anilines is 1. The second-order valence-electron chi connectivity index (χ2n) is 7.97. The molecule has 0 aromatic heterocycles. The van der Waals surface area contributed by atoms with Crippen LogP contribution in [0.5, 0.6) is 0 Å². The van der Waals surface area contributed by atoms with Crippen LogP contribution >= 0.6 is 11.8 Å². The van der Waals surface area contributed by atoms with E-state index in [9.17, 15) is 14.9 Å². The van der Waals surface area contributed by atoms with Crippen molar-refractivity contribution in [3.05, 3.63) is 105 Å². The normalized spacial score (nSPS) is 13.7. The zero-order valence-electron chi connectivity index (χ0n) is 19.1. The summed E-state index contributed by atoms with van der Waals surface area (Å²) in [7, 11) is 0. The molecule has 0 atom stereocenters. The van der Waals surface area contributed by atoms with E-state index in [0.29, 0.717) is 37.4 Å². The molecule has 1 aliphatic rings. The summed E-state index contributed by atoms with van der Waals surface area (Å²) in [5, 5.41) is 15.3. The van der Waals surface area contributed by atoms with Crippen molar-refractivity contribution >= 4 is 35.3 Å². The Hall–Kier alpha value is -3.69. The first-order chi connectivity index (χ1) is 17.1. The average molecular weight is 491 g/mol. The summed E-state index contributed by atoms with van der Waals surface area (Å²) < 4.78 is 5.39. The monoisotopic (exact) mass is 490 g/mol. The Labute approximate surface area is 208 Å². The number of amides is 1. The zero-order chi connectivity index (χ0) is 24.5. The van der Waals surface area contributed by atoms with Crippen molar-refractivity contribution in [2.45, 2.75) is 11.5 Å². The average Bonchev–Trinajstić information content (AvgIpc) is 2.90. The molecule has 4 rings (SSSR count). The molecule has 0 aliphatic carbocycles. The number of thioether (sulfide) groups is 1.